The average Bonchev–Trinajstić information content (AvgIpc) is 2.04. The maximum absolute atomic E-state index is 8.34. The molecule has 0 radical (unpaired) electrons. The lowest BCUT2D eigenvalue weighted by molar-refractivity contribution is 0.345. The van der Waals surface area contributed by atoms with E-state index in [-0.39, 0.29) is 0 Å². The summed E-state index contributed by atoms with van der Waals surface area (Å²) < 4.78 is 0. The zero-order chi connectivity index (χ0) is 9.40. The van der Waals surface area contributed by atoms with Crippen molar-refractivity contribution in [2.45, 2.75) is 6.04 Å². The zero-order valence-electron chi connectivity index (χ0n) is 7.15. The molecule has 0 aromatic rings. The highest BCUT2D eigenvalue weighted by Gasteiger charge is 2.10. The Bertz CT molecular complexity index is 174. The molecule has 0 aliphatic heterocycles. The molecular weight excluding hydrogens is 190 g/mol. The van der Waals surface area contributed by atoms with Crippen molar-refractivity contribution in [2.75, 3.05) is 25.6 Å². The highest BCUT2D eigenvalue weighted by atomic mass is 32.2. The molecule has 0 aromatic heterocycles. The van der Waals surface area contributed by atoms with Gasteiger partial charge in [-0.05, 0) is 37.6 Å². The Morgan fingerprint density at radius 2 is 1.58 bits per heavy atom. The molecule has 0 aromatic carbocycles. The Morgan fingerprint density at radius 3 is 1.83 bits per heavy atom. The van der Waals surface area contributed by atoms with E-state index in [0.29, 0.717) is 6.04 Å². The third-order valence-electron chi connectivity index (χ3n) is 1.41. The number of hydrogen-bond acceptors (Lipinski definition) is 5. The van der Waals surface area contributed by atoms with Crippen LogP contribution in [0.1, 0.15) is 0 Å². The summed E-state index contributed by atoms with van der Waals surface area (Å²) in [6, 6.07) is 0.305. The van der Waals surface area contributed by atoms with Gasteiger partial charge in [0.15, 0.2) is 0 Å². The molecule has 12 heavy (non-hydrogen) atoms. The summed E-state index contributed by atoms with van der Waals surface area (Å²) in [4.78, 5) is 2.04. The second-order valence-electron chi connectivity index (χ2n) is 2.42. The van der Waals surface area contributed by atoms with Gasteiger partial charge in [0, 0.05) is 17.5 Å². The van der Waals surface area contributed by atoms with Crippen LogP contribution in [0.2, 0.25) is 0 Å². The number of thiocyanates is 2. The van der Waals surface area contributed by atoms with Gasteiger partial charge in [0.25, 0.3) is 0 Å². The van der Waals surface area contributed by atoms with Crippen molar-refractivity contribution in [1.82, 2.24) is 4.90 Å². The molecule has 0 spiro atoms. The van der Waals surface area contributed by atoms with Gasteiger partial charge in [0.05, 0.1) is 0 Å². The fourth-order valence-electron chi connectivity index (χ4n) is 0.613. The minimum Gasteiger partial charge on any atom is -0.305 e. The predicted octanol–water partition coefficient (Wildman–Crippen LogP) is 1.35. The van der Waals surface area contributed by atoms with Crippen molar-refractivity contribution in [1.29, 1.82) is 10.5 Å². The van der Waals surface area contributed by atoms with Crippen molar-refractivity contribution in [3.8, 4) is 10.8 Å². The Morgan fingerprint density at radius 1 is 1.17 bits per heavy atom. The Balaban J connectivity index is 3.73. The summed E-state index contributed by atoms with van der Waals surface area (Å²) in [7, 11) is 3.92. The van der Waals surface area contributed by atoms with Crippen LogP contribution in [0.5, 0.6) is 0 Å². The van der Waals surface area contributed by atoms with Gasteiger partial charge in [-0.1, -0.05) is 0 Å². The molecule has 0 amide bonds. The van der Waals surface area contributed by atoms with Crippen LogP contribution in [0, 0.1) is 21.3 Å². The highest BCUT2D eigenvalue weighted by molar-refractivity contribution is 8.04. The Labute approximate surface area is 81.7 Å². The smallest absolute Gasteiger partial charge is 0.133 e. The first-order valence-corrected chi connectivity index (χ1v) is 5.37. The average molecular weight is 201 g/mol. The first-order valence-electron chi connectivity index (χ1n) is 3.40. The molecule has 5 heteroatoms. The van der Waals surface area contributed by atoms with Crippen molar-refractivity contribution in [3.63, 3.8) is 0 Å². The normalized spacial score (nSPS) is 9.83. The summed E-state index contributed by atoms with van der Waals surface area (Å²) in [6.07, 6.45) is 0. The van der Waals surface area contributed by atoms with Gasteiger partial charge in [-0.25, -0.2) is 0 Å². The first kappa shape index (κ1) is 11.6. The van der Waals surface area contributed by atoms with Gasteiger partial charge in [-0.15, -0.1) is 0 Å². The predicted molar refractivity (Wildman–Crippen MR) is 53.6 cm³/mol. The van der Waals surface area contributed by atoms with Crippen molar-refractivity contribution in [3.05, 3.63) is 0 Å². The molecule has 0 rings (SSSR count). The lowest BCUT2D eigenvalue weighted by atomic mass is 10.4. The van der Waals surface area contributed by atoms with Gasteiger partial charge in [-0.2, -0.15) is 10.5 Å². The van der Waals surface area contributed by atoms with E-state index in [9.17, 15) is 0 Å². The summed E-state index contributed by atoms with van der Waals surface area (Å²) in [5, 5.41) is 20.7. The molecule has 0 fully saturated rings. The van der Waals surface area contributed by atoms with E-state index in [4.69, 9.17) is 10.5 Å². The minimum absolute atomic E-state index is 0.305. The molecule has 0 aliphatic carbocycles. The fourth-order valence-corrected chi connectivity index (χ4v) is 2.13. The number of rotatable bonds is 5. The largest absolute Gasteiger partial charge is 0.305 e. The maximum Gasteiger partial charge on any atom is 0.133 e. The van der Waals surface area contributed by atoms with E-state index in [1.807, 2.05) is 29.8 Å². The number of nitrogens with zero attached hydrogens (tertiary/aromatic N) is 3. The van der Waals surface area contributed by atoms with Gasteiger partial charge < -0.3 is 4.90 Å². The Hall–Kier alpha value is -0.360. The number of thioether (sulfide) groups is 2. The molecule has 0 atom stereocenters. The van der Waals surface area contributed by atoms with E-state index < -0.39 is 0 Å². The summed E-state index contributed by atoms with van der Waals surface area (Å²) >= 11 is 2.47. The first-order chi connectivity index (χ1) is 5.72. The van der Waals surface area contributed by atoms with E-state index in [0.717, 1.165) is 11.5 Å². The SMILES string of the molecule is CN(C)C(CSC#N)CSC#N. The Kier molecular flexibility index (Phi) is 7.08. The van der Waals surface area contributed by atoms with Crippen LogP contribution >= 0.6 is 23.5 Å². The van der Waals surface area contributed by atoms with Gasteiger partial charge in [0.2, 0.25) is 0 Å². The summed E-state index contributed by atoms with van der Waals surface area (Å²) in [5.41, 5.74) is 0. The van der Waals surface area contributed by atoms with Crippen LogP contribution < -0.4 is 0 Å². The van der Waals surface area contributed by atoms with E-state index >= 15 is 0 Å². The van der Waals surface area contributed by atoms with Gasteiger partial charge in [0.1, 0.15) is 10.8 Å². The molecule has 0 saturated carbocycles. The van der Waals surface area contributed by atoms with E-state index in [1.165, 1.54) is 23.5 Å². The van der Waals surface area contributed by atoms with E-state index in [1.54, 1.807) is 0 Å². The van der Waals surface area contributed by atoms with Crippen molar-refractivity contribution in [2.24, 2.45) is 0 Å². The lowest BCUT2D eigenvalue weighted by Gasteiger charge is -2.20. The standard InChI is InChI=1S/C7H11N3S2/c1-10(2)7(3-11-5-8)4-12-6-9/h7H,3-4H2,1-2H3. The molecule has 0 unspecified atom stereocenters. The summed E-state index contributed by atoms with van der Waals surface area (Å²) in [5.74, 6) is 1.52. The number of nitriles is 2. The monoisotopic (exact) mass is 201 g/mol. The molecule has 3 nitrogen and oxygen atoms in total. The van der Waals surface area contributed by atoms with Gasteiger partial charge >= 0.3 is 0 Å². The lowest BCUT2D eigenvalue weighted by Crippen LogP contribution is -2.32. The molecule has 0 N–H and O–H groups in total. The van der Waals surface area contributed by atoms with E-state index in [2.05, 4.69) is 0 Å². The van der Waals surface area contributed by atoms with Gasteiger partial charge in [-0.3, -0.25) is 0 Å². The van der Waals surface area contributed by atoms with Crippen LogP contribution in [-0.2, 0) is 0 Å². The molecule has 0 aliphatic rings. The van der Waals surface area contributed by atoms with Crippen LogP contribution in [0.15, 0.2) is 0 Å². The molecule has 0 bridgehead atoms. The number of hydrogen-bond donors (Lipinski definition) is 0. The molecular formula is C7H11N3S2. The van der Waals surface area contributed by atoms with Crippen LogP contribution in [0.3, 0.4) is 0 Å². The zero-order valence-corrected chi connectivity index (χ0v) is 8.78. The minimum atomic E-state index is 0.305. The third-order valence-corrected chi connectivity index (χ3v) is 2.77. The maximum atomic E-state index is 8.34. The third kappa shape index (κ3) is 5.31. The quantitative estimate of drug-likeness (QED) is 0.628. The topological polar surface area (TPSA) is 50.8 Å². The van der Waals surface area contributed by atoms with Crippen molar-refractivity contribution >= 4 is 23.5 Å². The summed E-state index contributed by atoms with van der Waals surface area (Å²) in [6.45, 7) is 0. The molecule has 0 saturated heterocycles. The molecule has 66 valence electrons. The fraction of sp³-hybridized carbons (Fsp3) is 0.714. The van der Waals surface area contributed by atoms with Crippen LogP contribution in [0.4, 0.5) is 0 Å². The molecule has 0 heterocycles. The second-order valence-corrected chi connectivity index (χ2v) is 4.03. The van der Waals surface area contributed by atoms with Crippen LogP contribution in [-0.4, -0.2) is 36.5 Å². The van der Waals surface area contributed by atoms with Crippen LogP contribution in [0.25, 0.3) is 0 Å². The highest BCUT2D eigenvalue weighted by Crippen LogP contribution is 2.10. The van der Waals surface area contributed by atoms with Crippen molar-refractivity contribution < 1.29 is 0 Å². The second kappa shape index (κ2) is 7.30.